The summed E-state index contributed by atoms with van der Waals surface area (Å²) in [5.74, 6) is 5.38. The van der Waals surface area contributed by atoms with Crippen molar-refractivity contribution in [2.75, 3.05) is 19.6 Å². The maximum absolute atomic E-state index is 13.8. The van der Waals surface area contributed by atoms with Gasteiger partial charge in [-0.25, -0.2) is 9.37 Å². The van der Waals surface area contributed by atoms with Gasteiger partial charge in [0.1, 0.15) is 11.5 Å². The first-order chi connectivity index (χ1) is 18.0. The van der Waals surface area contributed by atoms with Crippen LogP contribution in [0.5, 0.6) is 0 Å². The minimum Gasteiger partial charge on any atom is -0.358 e. The summed E-state index contributed by atoms with van der Waals surface area (Å²) in [5.41, 5.74) is 4.23. The molecule has 2 aliphatic rings. The summed E-state index contributed by atoms with van der Waals surface area (Å²) in [6.45, 7) is 2.29. The summed E-state index contributed by atoms with van der Waals surface area (Å²) in [7, 11) is 0. The number of hydrogen-bond donors (Lipinski definition) is 1. The van der Waals surface area contributed by atoms with E-state index in [1.54, 1.807) is 15.9 Å². The number of thiazole rings is 1. The average molecular weight is 513 g/mol. The minimum atomic E-state index is -0.280. The van der Waals surface area contributed by atoms with Crippen LogP contribution in [0.2, 0.25) is 0 Å². The van der Waals surface area contributed by atoms with Crippen LogP contribution in [0, 0.1) is 17.7 Å². The summed E-state index contributed by atoms with van der Waals surface area (Å²) in [6, 6.07) is 14.2. The molecule has 0 spiro atoms. The van der Waals surface area contributed by atoms with Crippen LogP contribution in [-0.2, 0) is 17.8 Å². The van der Waals surface area contributed by atoms with Crippen LogP contribution in [0.1, 0.15) is 51.1 Å². The van der Waals surface area contributed by atoms with Crippen molar-refractivity contribution in [1.29, 1.82) is 0 Å². The summed E-state index contributed by atoms with van der Waals surface area (Å²) in [6.07, 6.45) is 2.30. The van der Waals surface area contributed by atoms with E-state index in [1.807, 2.05) is 35.7 Å². The lowest BCUT2D eigenvalue weighted by Crippen LogP contribution is -2.37. The molecule has 0 unspecified atom stereocenters. The topological polar surface area (TPSA) is 69.3 Å². The van der Waals surface area contributed by atoms with Crippen molar-refractivity contribution in [3.8, 4) is 11.8 Å². The number of amides is 2. The summed E-state index contributed by atoms with van der Waals surface area (Å²) >= 11 is 1.51. The fourth-order valence-corrected chi connectivity index (χ4v) is 6.12. The molecule has 4 aromatic rings. The number of carbonyl (C=O) groups is 2. The Hall–Kier alpha value is -3.96. The summed E-state index contributed by atoms with van der Waals surface area (Å²) in [4.78, 5) is 37.5. The van der Waals surface area contributed by atoms with E-state index in [9.17, 15) is 14.0 Å². The molecule has 2 aromatic heterocycles. The van der Waals surface area contributed by atoms with Gasteiger partial charge in [0, 0.05) is 77.5 Å². The number of benzene rings is 2. The average Bonchev–Trinajstić information content (AvgIpc) is 3.57. The van der Waals surface area contributed by atoms with Crippen molar-refractivity contribution in [3.63, 3.8) is 0 Å². The molecule has 2 aliphatic heterocycles. The highest BCUT2D eigenvalue weighted by molar-refractivity contribution is 7.09. The van der Waals surface area contributed by atoms with Gasteiger partial charge in [-0.2, -0.15) is 0 Å². The van der Waals surface area contributed by atoms with Gasteiger partial charge in [-0.15, -0.1) is 11.3 Å². The highest BCUT2D eigenvalue weighted by atomic mass is 32.1. The Morgan fingerprint density at radius 3 is 2.68 bits per heavy atom. The molecule has 2 amide bonds. The lowest BCUT2D eigenvalue weighted by Gasteiger charge is -2.29. The Labute approximate surface area is 218 Å². The fourth-order valence-electron chi connectivity index (χ4n) is 5.15. The largest absolute Gasteiger partial charge is 0.358 e. The number of rotatable bonds is 2. The molecular weight excluding hydrogens is 487 g/mol. The van der Waals surface area contributed by atoms with Gasteiger partial charge in [0.25, 0.3) is 11.8 Å². The molecule has 1 saturated heterocycles. The zero-order valence-electron chi connectivity index (χ0n) is 20.2. The van der Waals surface area contributed by atoms with Gasteiger partial charge >= 0.3 is 0 Å². The van der Waals surface area contributed by atoms with Gasteiger partial charge in [0.2, 0.25) is 0 Å². The first-order valence-electron chi connectivity index (χ1n) is 12.4. The van der Waals surface area contributed by atoms with Crippen molar-refractivity contribution < 1.29 is 14.0 Å². The maximum atomic E-state index is 13.8. The van der Waals surface area contributed by atoms with E-state index >= 15 is 0 Å². The Kier molecular flexibility index (Phi) is 6.23. The normalized spacial score (nSPS) is 15.8. The molecule has 6 rings (SSSR count). The minimum absolute atomic E-state index is 0.0947. The lowest BCUT2D eigenvalue weighted by molar-refractivity contribution is -0.126. The number of hydrogen-bond acceptors (Lipinski definition) is 4. The van der Waals surface area contributed by atoms with Crippen LogP contribution in [0.25, 0.3) is 10.9 Å². The Bertz CT molecular complexity index is 1540. The van der Waals surface area contributed by atoms with Gasteiger partial charge in [-0.1, -0.05) is 24.1 Å². The Morgan fingerprint density at radius 2 is 1.86 bits per heavy atom. The second-order valence-electron chi connectivity index (χ2n) is 9.50. The predicted octanol–water partition coefficient (Wildman–Crippen LogP) is 4.72. The molecule has 2 aromatic carbocycles. The summed E-state index contributed by atoms with van der Waals surface area (Å²) in [5, 5.41) is 3.62. The molecule has 8 heteroatoms. The number of carbonyl (C=O) groups excluding carboxylic acids is 2. The molecule has 4 heterocycles. The SMILES string of the molecule is O=C(C#Cc1ccccc1)N1CCC(c2nc(C(=O)N3CCc4[nH]c5ccc(F)cc5c4C3)cs2)CC1. The van der Waals surface area contributed by atoms with Crippen molar-refractivity contribution in [2.45, 2.75) is 31.7 Å². The van der Waals surface area contributed by atoms with E-state index in [0.29, 0.717) is 38.3 Å². The fraction of sp³-hybridized carbons (Fsp3) is 0.276. The standard InChI is InChI=1S/C29H25FN4O2S/c30-21-7-8-24-22(16-21)23-17-34(15-12-25(23)31-24)29(36)26-18-37-28(32-26)20-10-13-33(14-11-20)27(35)9-6-19-4-2-1-3-5-19/h1-5,7-8,16,18,20,31H,10-15,17H2. The van der Waals surface area contributed by atoms with E-state index in [2.05, 4.69) is 16.8 Å². The molecular formula is C29H25FN4O2S. The molecule has 6 nitrogen and oxygen atoms in total. The predicted molar refractivity (Wildman–Crippen MR) is 141 cm³/mol. The quantitative estimate of drug-likeness (QED) is 0.395. The number of fused-ring (bicyclic) bond motifs is 3. The lowest BCUT2D eigenvalue weighted by atomic mass is 9.97. The monoisotopic (exact) mass is 512 g/mol. The number of H-pyrrole nitrogens is 1. The molecule has 186 valence electrons. The molecule has 0 saturated carbocycles. The smallest absolute Gasteiger partial charge is 0.298 e. The number of halogens is 1. The number of piperidine rings is 1. The molecule has 0 bridgehead atoms. The van der Waals surface area contributed by atoms with Gasteiger partial charge in [-0.05, 0) is 43.2 Å². The zero-order valence-corrected chi connectivity index (χ0v) is 21.0. The van der Waals surface area contributed by atoms with Crippen LogP contribution < -0.4 is 0 Å². The third-order valence-corrected chi connectivity index (χ3v) is 8.19. The zero-order chi connectivity index (χ0) is 25.4. The van der Waals surface area contributed by atoms with E-state index < -0.39 is 0 Å². The third-order valence-electron chi connectivity index (χ3n) is 7.18. The first-order valence-corrected chi connectivity index (χ1v) is 13.3. The number of aromatic nitrogens is 2. The van der Waals surface area contributed by atoms with Crippen LogP contribution in [0.3, 0.4) is 0 Å². The van der Waals surface area contributed by atoms with Gasteiger partial charge in [0.15, 0.2) is 0 Å². The molecule has 1 N–H and O–H groups in total. The molecule has 1 fully saturated rings. The molecule has 0 radical (unpaired) electrons. The van der Waals surface area contributed by atoms with Crippen molar-refractivity contribution in [1.82, 2.24) is 19.8 Å². The second-order valence-corrected chi connectivity index (χ2v) is 10.4. The molecule has 0 atom stereocenters. The van der Waals surface area contributed by atoms with Crippen molar-refractivity contribution >= 4 is 34.1 Å². The molecule has 0 aliphatic carbocycles. The van der Waals surface area contributed by atoms with Crippen LogP contribution in [0.4, 0.5) is 4.39 Å². The second kappa shape index (κ2) is 9.83. The number of likely N-dealkylation sites (tertiary alicyclic amines) is 1. The van der Waals surface area contributed by atoms with Gasteiger partial charge in [-0.3, -0.25) is 9.59 Å². The van der Waals surface area contributed by atoms with E-state index in [-0.39, 0.29) is 23.5 Å². The highest BCUT2D eigenvalue weighted by Crippen LogP contribution is 2.32. The highest BCUT2D eigenvalue weighted by Gasteiger charge is 2.29. The van der Waals surface area contributed by atoms with Gasteiger partial charge < -0.3 is 14.8 Å². The van der Waals surface area contributed by atoms with E-state index in [1.165, 1.54) is 23.5 Å². The number of nitrogens with one attached hydrogen (secondary N) is 1. The van der Waals surface area contributed by atoms with Crippen molar-refractivity contribution in [2.24, 2.45) is 0 Å². The van der Waals surface area contributed by atoms with Crippen molar-refractivity contribution in [3.05, 3.63) is 87.3 Å². The number of aromatic amines is 1. The third kappa shape index (κ3) is 4.75. The first kappa shape index (κ1) is 23.4. The van der Waals surface area contributed by atoms with E-state index in [0.717, 1.165) is 45.6 Å². The van der Waals surface area contributed by atoms with Crippen LogP contribution in [0.15, 0.2) is 53.9 Å². The number of nitrogens with zero attached hydrogens (tertiary/aromatic N) is 3. The Morgan fingerprint density at radius 1 is 1.05 bits per heavy atom. The summed E-state index contributed by atoms with van der Waals surface area (Å²) < 4.78 is 13.8. The van der Waals surface area contributed by atoms with E-state index in [4.69, 9.17) is 4.98 Å². The van der Waals surface area contributed by atoms with Crippen LogP contribution in [-0.4, -0.2) is 51.2 Å². The molecule has 37 heavy (non-hydrogen) atoms. The van der Waals surface area contributed by atoms with Crippen LogP contribution >= 0.6 is 11.3 Å². The Balaban J connectivity index is 1.09. The maximum Gasteiger partial charge on any atom is 0.298 e. The van der Waals surface area contributed by atoms with Gasteiger partial charge in [0.05, 0.1) is 5.01 Å².